The van der Waals surface area contributed by atoms with Crippen LogP contribution in [0.15, 0.2) is 12.3 Å². The first-order valence-electron chi connectivity index (χ1n) is 12.7. The van der Waals surface area contributed by atoms with E-state index in [1.807, 2.05) is 19.9 Å². The summed E-state index contributed by atoms with van der Waals surface area (Å²) in [6.45, 7) is 5.54. The van der Waals surface area contributed by atoms with Crippen LogP contribution in [-0.2, 0) is 11.2 Å². The fourth-order valence-electron chi connectivity index (χ4n) is 5.47. The van der Waals surface area contributed by atoms with Crippen LogP contribution in [0.5, 0.6) is 5.88 Å². The number of hydrogen-bond acceptors (Lipinski definition) is 5. The third-order valence-electron chi connectivity index (χ3n) is 7.57. The number of halogens is 2. The number of rotatable bonds is 11. The number of aromatic nitrogens is 1. The van der Waals surface area contributed by atoms with E-state index in [4.69, 9.17) is 4.74 Å². The van der Waals surface area contributed by atoms with Gasteiger partial charge in [0, 0.05) is 44.1 Å². The van der Waals surface area contributed by atoms with Crippen molar-refractivity contribution in [1.29, 1.82) is 0 Å². The van der Waals surface area contributed by atoms with Gasteiger partial charge in [0.05, 0.1) is 12.1 Å². The minimum absolute atomic E-state index is 0.0525. The van der Waals surface area contributed by atoms with Gasteiger partial charge in [0.1, 0.15) is 5.60 Å². The number of amides is 1. The van der Waals surface area contributed by atoms with Crippen LogP contribution in [0.25, 0.3) is 0 Å². The fourth-order valence-corrected chi connectivity index (χ4v) is 5.47. The summed E-state index contributed by atoms with van der Waals surface area (Å²) >= 11 is 0. The van der Waals surface area contributed by atoms with Crippen molar-refractivity contribution in [2.75, 3.05) is 6.54 Å². The van der Waals surface area contributed by atoms with E-state index in [1.165, 1.54) is 6.92 Å². The first kappa shape index (κ1) is 25.3. The lowest BCUT2D eigenvalue weighted by atomic mass is 9.73. The highest BCUT2D eigenvalue weighted by atomic mass is 19.3. The molecule has 0 radical (unpaired) electrons. The molecular formula is C26H39F2N3O3. The van der Waals surface area contributed by atoms with Crippen molar-refractivity contribution >= 4 is 5.91 Å². The summed E-state index contributed by atoms with van der Waals surface area (Å²) in [5.74, 6) is 1.05. The number of nitrogens with zero attached hydrogens (tertiary/aromatic N) is 1. The molecule has 3 N–H and O–H groups in total. The van der Waals surface area contributed by atoms with Gasteiger partial charge in [0.25, 0.3) is 0 Å². The quantitative estimate of drug-likeness (QED) is 0.441. The molecule has 1 aromatic heterocycles. The zero-order valence-electron chi connectivity index (χ0n) is 20.6. The maximum atomic E-state index is 13.0. The number of aliphatic hydroxyl groups is 1. The van der Waals surface area contributed by atoms with Crippen LogP contribution in [0.1, 0.15) is 89.3 Å². The molecule has 3 aliphatic rings. The molecule has 1 aromatic rings. The number of carbonyl (C=O) groups excluding carboxylic acids is 1. The third kappa shape index (κ3) is 6.45. The van der Waals surface area contributed by atoms with Crippen LogP contribution in [0, 0.1) is 11.3 Å². The Morgan fingerprint density at radius 2 is 2.09 bits per heavy atom. The average Bonchev–Trinajstić information content (AvgIpc) is 3.52. The second kappa shape index (κ2) is 10.1. The molecule has 0 aromatic carbocycles. The average molecular weight is 480 g/mol. The third-order valence-corrected chi connectivity index (χ3v) is 7.57. The van der Waals surface area contributed by atoms with Gasteiger partial charge >= 0.3 is 0 Å². The lowest BCUT2D eigenvalue weighted by molar-refractivity contribution is -0.120. The van der Waals surface area contributed by atoms with Crippen LogP contribution >= 0.6 is 0 Å². The number of alkyl halides is 2. The summed E-state index contributed by atoms with van der Waals surface area (Å²) in [4.78, 5) is 16.3. The van der Waals surface area contributed by atoms with E-state index in [2.05, 4.69) is 15.6 Å². The van der Waals surface area contributed by atoms with Gasteiger partial charge < -0.3 is 20.5 Å². The Hall–Kier alpha value is -1.80. The van der Waals surface area contributed by atoms with Gasteiger partial charge in [-0.2, -0.15) is 0 Å². The van der Waals surface area contributed by atoms with Crippen molar-refractivity contribution in [2.24, 2.45) is 11.3 Å². The molecule has 1 amide bonds. The van der Waals surface area contributed by atoms with Crippen molar-refractivity contribution in [3.8, 4) is 5.88 Å². The van der Waals surface area contributed by atoms with Crippen LogP contribution in [0.4, 0.5) is 8.78 Å². The monoisotopic (exact) mass is 479 g/mol. The summed E-state index contributed by atoms with van der Waals surface area (Å²) in [5, 5.41) is 17.4. The molecule has 4 rings (SSSR count). The van der Waals surface area contributed by atoms with Gasteiger partial charge in [0.2, 0.25) is 18.2 Å². The van der Waals surface area contributed by atoms with Gasteiger partial charge in [-0.15, -0.1) is 0 Å². The van der Waals surface area contributed by atoms with Gasteiger partial charge in [0.15, 0.2) is 0 Å². The molecule has 2 aliphatic carbocycles. The molecule has 2 heterocycles. The van der Waals surface area contributed by atoms with Crippen molar-refractivity contribution in [1.82, 2.24) is 15.6 Å². The number of nitrogens with one attached hydrogen (secondary N) is 2. The first-order chi connectivity index (χ1) is 16.0. The zero-order valence-corrected chi connectivity index (χ0v) is 20.6. The molecule has 3 atom stereocenters. The number of pyridine rings is 1. The normalized spacial score (nSPS) is 23.1. The Morgan fingerprint density at radius 1 is 1.35 bits per heavy atom. The van der Waals surface area contributed by atoms with E-state index in [1.54, 1.807) is 6.20 Å². The van der Waals surface area contributed by atoms with E-state index < -0.39 is 17.9 Å². The van der Waals surface area contributed by atoms with Crippen LogP contribution in [-0.4, -0.2) is 46.7 Å². The number of aliphatic hydroxyl groups excluding tert-OH is 1. The van der Waals surface area contributed by atoms with E-state index in [0.29, 0.717) is 24.8 Å². The summed E-state index contributed by atoms with van der Waals surface area (Å²) in [5.41, 5.74) is 1.08. The molecule has 1 spiro atoms. The summed E-state index contributed by atoms with van der Waals surface area (Å²) in [6.07, 6.45) is 6.02. The smallest absolute Gasteiger partial charge is 0.239 e. The maximum Gasteiger partial charge on any atom is 0.239 e. The molecule has 0 bridgehead atoms. The fraction of sp³-hybridized carbons (Fsp3) is 0.769. The molecule has 190 valence electrons. The molecule has 1 aliphatic heterocycles. The van der Waals surface area contributed by atoms with Crippen molar-refractivity contribution in [2.45, 2.75) is 109 Å². The maximum absolute atomic E-state index is 13.0. The number of hydrogen-bond donors (Lipinski definition) is 3. The van der Waals surface area contributed by atoms with Crippen molar-refractivity contribution in [3.05, 3.63) is 23.4 Å². The van der Waals surface area contributed by atoms with Crippen LogP contribution < -0.4 is 15.4 Å². The van der Waals surface area contributed by atoms with E-state index in [0.717, 1.165) is 56.1 Å². The predicted molar refractivity (Wildman–Crippen MR) is 126 cm³/mol. The molecular weight excluding hydrogens is 440 g/mol. The van der Waals surface area contributed by atoms with E-state index >= 15 is 0 Å². The minimum atomic E-state index is -2.34. The second-order valence-corrected chi connectivity index (χ2v) is 11.5. The SMILES string of the molecule is CC(=O)N[C@@H](CC1CC1)[C@H](O)CN[C@H]1CC2(CCC2)Oc2ncc(CC(C)(C)CC(F)F)cc21. The Morgan fingerprint density at radius 3 is 2.68 bits per heavy atom. The number of carbonyl (C=O) groups is 1. The van der Waals surface area contributed by atoms with Gasteiger partial charge in [-0.3, -0.25) is 4.79 Å². The lowest BCUT2D eigenvalue weighted by Gasteiger charge is -2.47. The van der Waals surface area contributed by atoms with Crippen LogP contribution in [0.2, 0.25) is 0 Å². The second-order valence-electron chi connectivity index (χ2n) is 11.5. The lowest BCUT2D eigenvalue weighted by Crippen LogP contribution is -2.52. The summed E-state index contributed by atoms with van der Waals surface area (Å²) < 4.78 is 32.3. The minimum Gasteiger partial charge on any atom is -0.471 e. The van der Waals surface area contributed by atoms with Gasteiger partial charge in [-0.25, -0.2) is 13.8 Å². The van der Waals surface area contributed by atoms with Crippen molar-refractivity contribution in [3.63, 3.8) is 0 Å². The standard InChI is InChI=1S/C26H39F2N3O3/c1-16(32)31-20(10-17-5-6-17)22(33)15-29-21-12-26(7-4-8-26)34-24-19(21)9-18(14-30-24)11-25(2,3)13-23(27)28/h9,14,17,20-23,29,33H,4-8,10-13,15H2,1-3H3,(H,31,32)/t20-,21-,22+/m0/s1. The Labute approximate surface area is 201 Å². The van der Waals surface area contributed by atoms with Gasteiger partial charge in [-0.1, -0.05) is 26.7 Å². The highest BCUT2D eigenvalue weighted by molar-refractivity contribution is 5.73. The molecule has 8 heteroatoms. The molecule has 2 saturated carbocycles. The molecule has 2 fully saturated rings. The van der Waals surface area contributed by atoms with Gasteiger partial charge in [-0.05, 0) is 55.1 Å². The van der Waals surface area contributed by atoms with Crippen molar-refractivity contribution < 1.29 is 23.4 Å². The predicted octanol–water partition coefficient (Wildman–Crippen LogP) is 4.31. The van der Waals surface area contributed by atoms with E-state index in [-0.39, 0.29) is 30.0 Å². The molecule has 6 nitrogen and oxygen atoms in total. The number of fused-ring (bicyclic) bond motifs is 1. The first-order valence-corrected chi connectivity index (χ1v) is 12.7. The van der Waals surface area contributed by atoms with E-state index in [9.17, 15) is 18.7 Å². The largest absolute Gasteiger partial charge is 0.471 e. The highest BCUT2D eigenvalue weighted by Gasteiger charge is 2.46. The molecule has 0 saturated heterocycles. The Kier molecular flexibility index (Phi) is 7.48. The zero-order chi connectivity index (χ0) is 24.5. The summed E-state index contributed by atoms with van der Waals surface area (Å²) in [7, 11) is 0. The van der Waals surface area contributed by atoms with Crippen LogP contribution in [0.3, 0.4) is 0 Å². The highest BCUT2D eigenvalue weighted by Crippen LogP contribution is 2.48. The Balaban J connectivity index is 1.48. The molecule has 0 unspecified atom stereocenters. The Bertz CT molecular complexity index is 871. The topological polar surface area (TPSA) is 83.5 Å². The molecule has 34 heavy (non-hydrogen) atoms. The summed E-state index contributed by atoms with van der Waals surface area (Å²) in [6, 6.07) is 1.71. The number of ether oxygens (including phenoxy) is 1.